The number of benzene rings is 3. The third kappa shape index (κ3) is 7.64. The summed E-state index contributed by atoms with van der Waals surface area (Å²) >= 11 is 0. The van der Waals surface area contributed by atoms with Crippen molar-refractivity contribution in [1.29, 1.82) is 0 Å². The van der Waals surface area contributed by atoms with Crippen molar-refractivity contribution in [3.05, 3.63) is 89.5 Å². The molecule has 0 amide bonds. The summed E-state index contributed by atoms with van der Waals surface area (Å²) in [5.41, 5.74) is 7.47. The van der Waals surface area contributed by atoms with Crippen LogP contribution in [-0.2, 0) is 16.6 Å². The van der Waals surface area contributed by atoms with E-state index in [0.717, 1.165) is 36.3 Å². The number of nitrogens with one attached hydrogen (secondary N) is 1. The molecule has 1 fully saturated rings. The summed E-state index contributed by atoms with van der Waals surface area (Å²) in [6, 6.07) is 23.4. The second-order valence-corrected chi connectivity index (χ2v) is 11.7. The molecule has 0 radical (unpaired) electrons. The molecule has 208 valence electrons. The summed E-state index contributed by atoms with van der Waals surface area (Å²) in [6.45, 7) is 7.43. The molecule has 1 saturated heterocycles. The summed E-state index contributed by atoms with van der Waals surface area (Å²) in [7, 11) is -2.08. The van der Waals surface area contributed by atoms with Crippen molar-refractivity contribution in [1.82, 2.24) is 10.4 Å². The molecule has 1 atom stereocenters. The maximum atomic E-state index is 13.3. The zero-order valence-corrected chi connectivity index (χ0v) is 24.9. The van der Waals surface area contributed by atoms with Crippen LogP contribution in [0.1, 0.15) is 55.8 Å². The second-order valence-electron chi connectivity index (χ2n) is 9.69. The highest BCUT2D eigenvalue weighted by Gasteiger charge is 2.25. The molecular weight excluding hydrogens is 541 g/mol. The minimum absolute atomic E-state index is 0. The van der Waals surface area contributed by atoms with Gasteiger partial charge in [-0.3, -0.25) is 9.73 Å². The van der Waals surface area contributed by atoms with Crippen LogP contribution in [0.5, 0.6) is 5.75 Å². The number of ether oxygens (including phenoxy) is 1. The van der Waals surface area contributed by atoms with Crippen LogP contribution in [0.2, 0.25) is 0 Å². The van der Waals surface area contributed by atoms with Gasteiger partial charge in [0.2, 0.25) is 0 Å². The van der Waals surface area contributed by atoms with Crippen LogP contribution in [0.3, 0.4) is 0 Å². The lowest BCUT2D eigenvalue weighted by atomic mass is 9.97. The number of halogens is 2. The van der Waals surface area contributed by atoms with Crippen molar-refractivity contribution in [2.45, 2.75) is 63.6 Å². The Kier molecular flexibility index (Phi) is 11.9. The first-order chi connectivity index (χ1) is 17.3. The first-order valence-corrected chi connectivity index (χ1v) is 14.1. The van der Waals surface area contributed by atoms with Gasteiger partial charge in [-0.2, -0.15) is 0 Å². The number of nitrogens with zero attached hydrogens (tertiary/aromatic N) is 2. The summed E-state index contributed by atoms with van der Waals surface area (Å²) in [6.07, 6.45) is 3.46. The third-order valence-electron chi connectivity index (χ3n) is 6.61. The number of hydrogen-bond donors (Lipinski definition) is 1. The van der Waals surface area contributed by atoms with Crippen molar-refractivity contribution >= 4 is 40.5 Å². The van der Waals surface area contributed by atoms with E-state index in [0.29, 0.717) is 18.3 Å². The van der Waals surface area contributed by atoms with E-state index in [1.165, 1.54) is 16.3 Å². The molecule has 38 heavy (non-hydrogen) atoms. The topological polar surface area (TPSA) is 61.9 Å². The highest BCUT2D eigenvalue weighted by atomic mass is 35.5. The first-order valence-electron chi connectivity index (χ1n) is 12.7. The monoisotopic (exact) mass is 579 g/mol. The molecule has 6 nitrogen and oxygen atoms in total. The van der Waals surface area contributed by atoms with Crippen LogP contribution in [0.4, 0.5) is 5.69 Å². The molecule has 0 spiro atoms. The SMILES string of the molecule is Cc1ccc(S(=O)(=O)N(C)c2ccc(OC(C)C)c(CNN3CCCCC3c3ccccc3)c2)cc1.Cl.Cl. The van der Waals surface area contributed by atoms with Crippen molar-refractivity contribution in [3.8, 4) is 5.75 Å². The summed E-state index contributed by atoms with van der Waals surface area (Å²) in [5, 5.41) is 2.32. The van der Waals surface area contributed by atoms with Crippen LogP contribution in [0.15, 0.2) is 77.7 Å². The standard InChI is InChI=1S/C29H37N3O3S.2ClH/c1-22(2)35-29-18-15-26(31(4)36(33,34)27-16-13-23(3)14-17-27)20-25(29)21-30-32-19-9-8-12-28(32)24-10-6-5-7-11-24;;/h5-7,10-11,13-18,20,22,28,30H,8-9,12,19,21H2,1-4H3;2*1H. The minimum atomic E-state index is -3.68. The molecule has 1 aliphatic rings. The number of anilines is 1. The van der Waals surface area contributed by atoms with Gasteiger partial charge in [0.05, 0.1) is 16.7 Å². The van der Waals surface area contributed by atoms with E-state index in [1.807, 2.05) is 51.1 Å². The second kappa shape index (κ2) is 14.2. The van der Waals surface area contributed by atoms with Crippen molar-refractivity contribution in [3.63, 3.8) is 0 Å². The Balaban J connectivity index is 0.00000253. The quantitative estimate of drug-likeness (QED) is 0.306. The fourth-order valence-corrected chi connectivity index (χ4v) is 5.79. The van der Waals surface area contributed by atoms with Gasteiger partial charge in [0.1, 0.15) is 5.75 Å². The molecule has 4 rings (SSSR count). The number of piperidine rings is 1. The highest BCUT2D eigenvalue weighted by molar-refractivity contribution is 7.92. The van der Waals surface area contributed by atoms with Crippen LogP contribution >= 0.6 is 24.8 Å². The largest absolute Gasteiger partial charge is 0.491 e. The van der Waals surface area contributed by atoms with Gasteiger partial charge >= 0.3 is 0 Å². The Morgan fingerprint density at radius 3 is 2.34 bits per heavy atom. The first kappa shape index (κ1) is 31.9. The normalized spacial score (nSPS) is 15.9. The predicted octanol–water partition coefficient (Wildman–Crippen LogP) is 6.68. The molecule has 1 heterocycles. The fourth-order valence-electron chi connectivity index (χ4n) is 4.61. The molecule has 0 aromatic heterocycles. The van der Waals surface area contributed by atoms with Crippen molar-refractivity contribution in [2.75, 3.05) is 17.9 Å². The smallest absolute Gasteiger partial charge is 0.264 e. The third-order valence-corrected chi connectivity index (χ3v) is 8.41. The number of hydrogen-bond acceptors (Lipinski definition) is 5. The van der Waals surface area contributed by atoms with Crippen LogP contribution in [0.25, 0.3) is 0 Å². The zero-order chi connectivity index (χ0) is 25.7. The van der Waals surface area contributed by atoms with Gasteiger partial charge in [0.25, 0.3) is 10.0 Å². The van der Waals surface area contributed by atoms with Gasteiger partial charge in [-0.15, -0.1) is 24.8 Å². The van der Waals surface area contributed by atoms with Gasteiger partial charge in [0, 0.05) is 31.7 Å². The lowest BCUT2D eigenvalue weighted by molar-refractivity contribution is 0.0818. The molecule has 0 saturated carbocycles. The number of aryl methyl sites for hydroxylation is 1. The van der Waals surface area contributed by atoms with Gasteiger partial charge < -0.3 is 4.74 Å². The van der Waals surface area contributed by atoms with Gasteiger partial charge in [-0.1, -0.05) is 54.4 Å². The molecule has 9 heteroatoms. The van der Waals surface area contributed by atoms with Crippen molar-refractivity contribution in [2.24, 2.45) is 0 Å². The lowest BCUT2D eigenvalue weighted by Gasteiger charge is -2.36. The van der Waals surface area contributed by atoms with Crippen LogP contribution in [-0.4, -0.2) is 33.1 Å². The predicted molar refractivity (Wildman–Crippen MR) is 160 cm³/mol. The fraction of sp³-hybridized carbons (Fsp3) is 0.379. The zero-order valence-electron chi connectivity index (χ0n) is 22.5. The molecule has 3 aromatic rings. The van der Waals surface area contributed by atoms with Gasteiger partial charge in [-0.05, 0) is 69.5 Å². The maximum absolute atomic E-state index is 13.3. The van der Waals surface area contributed by atoms with Crippen molar-refractivity contribution < 1.29 is 13.2 Å². The molecule has 0 aliphatic carbocycles. The van der Waals surface area contributed by atoms with E-state index in [-0.39, 0.29) is 35.8 Å². The average molecular weight is 581 g/mol. The average Bonchev–Trinajstić information content (AvgIpc) is 2.88. The van der Waals surface area contributed by atoms with E-state index in [4.69, 9.17) is 4.74 Å². The molecule has 0 bridgehead atoms. The Hall–Kier alpha value is -2.29. The molecule has 1 aliphatic heterocycles. The van der Waals surface area contributed by atoms with Crippen LogP contribution < -0.4 is 14.5 Å². The summed E-state index contributed by atoms with van der Waals surface area (Å²) < 4.78 is 34.0. The Morgan fingerprint density at radius 1 is 1.00 bits per heavy atom. The summed E-state index contributed by atoms with van der Waals surface area (Å²) in [4.78, 5) is 0.275. The van der Waals surface area contributed by atoms with Gasteiger partial charge in [0.15, 0.2) is 0 Å². The lowest BCUT2D eigenvalue weighted by Crippen LogP contribution is -2.43. The minimum Gasteiger partial charge on any atom is -0.491 e. The van der Waals surface area contributed by atoms with Gasteiger partial charge in [-0.25, -0.2) is 13.4 Å². The Labute approximate surface area is 240 Å². The molecule has 1 unspecified atom stereocenters. The molecule has 3 aromatic carbocycles. The Bertz CT molecular complexity index is 1260. The molecular formula is C29H39Cl2N3O3S. The van der Waals surface area contributed by atoms with E-state index in [9.17, 15) is 8.42 Å². The number of rotatable bonds is 9. The number of sulfonamides is 1. The highest BCUT2D eigenvalue weighted by Crippen LogP contribution is 2.32. The van der Waals surface area contributed by atoms with E-state index in [1.54, 1.807) is 25.2 Å². The van der Waals surface area contributed by atoms with E-state index >= 15 is 0 Å². The maximum Gasteiger partial charge on any atom is 0.264 e. The Morgan fingerprint density at radius 2 is 1.68 bits per heavy atom. The van der Waals surface area contributed by atoms with Crippen LogP contribution in [0, 0.1) is 6.92 Å². The van der Waals surface area contributed by atoms with E-state index in [2.05, 4.69) is 34.7 Å². The van der Waals surface area contributed by atoms with E-state index < -0.39 is 10.0 Å². The summed E-state index contributed by atoms with van der Waals surface area (Å²) in [5.74, 6) is 0.760. The number of hydrazine groups is 1. The molecule has 1 N–H and O–H groups in total.